The smallest absolute Gasteiger partial charge is 0.494 e. The fourth-order valence-electron chi connectivity index (χ4n) is 12.9. The molecule has 6 aliphatic rings. The Morgan fingerprint density at radius 1 is 0.448 bits per heavy atom. The van der Waals surface area contributed by atoms with Crippen molar-refractivity contribution in [2.75, 3.05) is 6.61 Å². The molecule has 0 unspecified atom stereocenters. The summed E-state index contributed by atoms with van der Waals surface area (Å²) in [6.45, 7) is 24.3. The summed E-state index contributed by atoms with van der Waals surface area (Å²) in [4.78, 5) is 119. The van der Waals surface area contributed by atoms with E-state index in [2.05, 4.69) is 35.9 Å². The lowest BCUT2D eigenvalue weighted by molar-refractivity contribution is -0.107. The Balaban J connectivity index is 0.000000137. The fourth-order valence-corrected chi connectivity index (χ4v) is 12.9. The predicted octanol–water partition coefficient (Wildman–Crippen LogP) is 8.02. The number of rotatable bonds is 16. The van der Waals surface area contributed by atoms with Crippen LogP contribution in [0.25, 0.3) is 66.9 Å². The van der Waals surface area contributed by atoms with Crippen LogP contribution in [0, 0.1) is 0 Å². The molecule has 0 atom stereocenters. The topological polar surface area (TPSA) is 417 Å². The first-order valence-electron chi connectivity index (χ1n) is 41.6. The first kappa shape index (κ1) is 90.6. The maximum absolute atomic E-state index is 13.0. The predicted molar refractivity (Wildman–Crippen MR) is 480 cm³/mol. The first-order valence-corrected chi connectivity index (χ1v) is 41.6. The monoisotopic (exact) mass is 1700 g/mol. The number of nitrogens with zero attached hydrogens (tertiary/aromatic N) is 8. The Bertz CT molecular complexity index is 6300. The molecule has 2 saturated heterocycles. The van der Waals surface area contributed by atoms with Crippen molar-refractivity contribution in [3.63, 3.8) is 0 Å². The van der Waals surface area contributed by atoms with Crippen molar-refractivity contribution < 1.29 is 67.9 Å². The molecule has 30 nitrogen and oxygen atoms in total. The zero-order valence-corrected chi connectivity index (χ0v) is 72.1. The van der Waals surface area contributed by atoms with Gasteiger partial charge in [0.2, 0.25) is 21.7 Å². The Morgan fingerprint density at radius 3 is 1.02 bits per heavy atom. The van der Waals surface area contributed by atoms with E-state index in [1.807, 2.05) is 104 Å². The molecule has 8 aromatic heterocycles. The first-order chi connectivity index (χ1) is 59.1. The molecule has 12 aromatic rings. The summed E-state index contributed by atoms with van der Waals surface area (Å²) in [7, 11) is -2.67. The minimum absolute atomic E-state index is 0.0346. The van der Waals surface area contributed by atoms with Gasteiger partial charge in [-0.05, 0) is 255 Å². The van der Waals surface area contributed by atoms with Crippen molar-refractivity contribution in [3.05, 3.63) is 258 Å². The molecule has 2 aliphatic heterocycles. The van der Waals surface area contributed by atoms with Gasteiger partial charge in [-0.2, -0.15) is 0 Å². The number of fused-ring (bicyclic) bond motifs is 4. The number of aromatic nitrogens is 8. The van der Waals surface area contributed by atoms with Crippen LogP contribution in [0.5, 0.6) is 5.75 Å². The van der Waals surface area contributed by atoms with E-state index in [1.165, 1.54) is 31.4 Å². The molecule has 33 heteroatoms. The van der Waals surface area contributed by atoms with Crippen LogP contribution in [0.2, 0.25) is 0 Å². The van der Waals surface area contributed by atoms with Gasteiger partial charge in [0.15, 0.2) is 0 Å². The molecule has 18 rings (SSSR count). The van der Waals surface area contributed by atoms with Crippen LogP contribution in [-0.2, 0) is 23.4 Å². The minimum atomic E-state index is -1.62. The molecule has 0 bridgehead atoms. The number of carbonyl (C=O) groups is 4. The van der Waals surface area contributed by atoms with Gasteiger partial charge in [-0.1, -0.05) is 42.5 Å². The average molecular weight is 1700 g/mol. The van der Waals surface area contributed by atoms with Gasteiger partial charge in [0.05, 0.1) is 67.4 Å². The molecule has 4 aromatic carbocycles. The van der Waals surface area contributed by atoms with E-state index in [-0.39, 0.29) is 80.8 Å². The van der Waals surface area contributed by atoms with E-state index in [9.17, 15) is 53.5 Å². The van der Waals surface area contributed by atoms with Crippen molar-refractivity contribution in [2.45, 2.75) is 199 Å². The Kier molecular flexibility index (Phi) is 26.5. The number of hydrogen-bond donors (Lipinski definition) is 9. The SMILES string of the molecule is CC(C)(O)C(C)(C)O.CC1(C)OB(c2cccc(-n3cc(C(=O)NC4CC4)c(=O)c4cccnc43)c2)OC1(C)C.CCOC(=O)c1cn(-c2cccc(B3OC(C)(C)C(C)(C)O3)c2)c2ncccc2c1=O.NC1CC1.O=C(NC1CC1)c1cn(-c2cccc(B(O)O)c2)c2ncccc2c1=O.O=C(NC1CC1)c1cn(-c2cccc(O)c2)c2ncccc2c1=O. The molecule has 0 spiro atoms. The Morgan fingerprint density at radius 2 is 0.736 bits per heavy atom. The molecule has 10 N–H and O–H groups in total. The zero-order valence-electron chi connectivity index (χ0n) is 72.1. The van der Waals surface area contributed by atoms with Gasteiger partial charge in [0.25, 0.3) is 17.7 Å². The number of aliphatic hydroxyl groups is 2. The molecule has 4 saturated carbocycles. The summed E-state index contributed by atoms with van der Waals surface area (Å²) in [5, 5.41) is 56.8. The highest BCUT2D eigenvalue weighted by Crippen LogP contribution is 2.39. The number of hydrogen-bond acceptors (Lipinski definition) is 23. The summed E-state index contributed by atoms with van der Waals surface area (Å²) in [5.74, 6) is -1.69. The lowest BCUT2D eigenvalue weighted by Crippen LogP contribution is -2.44. The third kappa shape index (κ3) is 20.9. The molecular weight excluding hydrogens is 1590 g/mol. The summed E-state index contributed by atoms with van der Waals surface area (Å²) in [6, 6.07) is 42.8. The second-order valence-electron chi connectivity index (χ2n) is 34.7. The molecule has 0 radical (unpaired) electrons. The third-order valence-electron chi connectivity index (χ3n) is 23.0. The van der Waals surface area contributed by atoms with Crippen molar-refractivity contribution in [3.8, 4) is 28.5 Å². The normalized spacial score (nSPS) is 16.4. The average Bonchev–Trinajstić information content (AvgIpc) is 1.75. The van der Waals surface area contributed by atoms with Crippen LogP contribution in [-0.4, -0.2) is 173 Å². The van der Waals surface area contributed by atoms with Crippen LogP contribution < -0.4 is 59.8 Å². The number of aromatic hydroxyl groups is 1. The van der Waals surface area contributed by atoms with Crippen molar-refractivity contribution in [2.24, 2.45) is 5.73 Å². The van der Waals surface area contributed by atoms with Gasteiger partial charge in [-0.15, -0.1) is 0 Å². The number of phenolic OH excluding ortho intramolecular Hbond substituents is 1. The lowest BCUT2D eigenvalue weighted by atomic mass is 9.79. The van der Waals surface area contributed by atoms with E-state index >= 15 is 0 Å². The maximum Gasteiger partial charge on any atom is 0.494 e. The number of benzene rings is 4. The Labute approximate surface area is 722 Å². The summed E-state index contributed by atoms with van der Waals surface area (Å²) < 4.78 is 36.6. The van der Waals surface area contributed by atoms with Gasteiger partial charge in [-0.25, -0.2) is 24.7 Å². The van der Waals surface area contributed by atoms with Gasteiger partial charge in [-0.3, -0.25) is 33.6 Å². The second-order valence-corrected chi connectivity index (χ2v) is 34.7. The molecule has 10 heterocycles. The maximum atomic E-state index is 13.0. The standard InChI is InChI=1S/C24H26BN3O4.C23H25BN2O5.C18H16BN3O4.C18H15N3O3.C6H14O2.C3H7N/c1-23(2)24(3,4)32-25(31-23)15-7-5-8-17(13-15)28-14-19(22(30)27-16-10-11-16)20(29)18-9-6-12-26-21(18)28;1-6-29-21(28)18-14-26(20-17(19(18)27)11-8-12-25-20)16-10-7-9-15(13-16)24-30-22(2,3)23(4,5)31-24;23-16-14-5-2-8-20-17(14)22(10-15(16)18(24)21-12-6-7-12)13-4-1-3-11(9-13)19(25)26;22-13-4-1-3-12(9-13)21-10-15(18(24)20-11-6-7-11)16(23)14-5-2-8-19-17(14)21;1-5(2,7)6(3,4)8;4-3-1-2-3/h5-9,12-14,16H,10-11H2,1-4H3,(H,27,30);7-14H,6H2,1-5H3;1-5,8-10,12,25-26H,6-7H2,(H,21,24);1-5,8-11,22H,6-7H2,(H,20,24);7-8H,1-4H3;3H,1-2,4H2. The molecule has 6 fully saturated rings. The number of esters is 1. The number of pyridine rings is 8. The van der Waals surface area contributed by atoms with E-state index in [1.54, 1.807) is 181 Å². The third-order valence-corrected chi connectivity index (χ3v) is 23.0. The number of phenols is 1. The van der Waals surface area contributed by atoms with Crippen molar-refractivity contribution in [1.29, 1.82) is 0 Å². The van der Waals surface area contributed by atoms with E-state index < -0.39 is 72.3 Å². The van der Waals surface area contributed by atoms with Crippen LogP contribution in [0.1, 0.15) is 183 Å². The molecule has 4 aliphatic carbocycles. The van der Waals surface area contributed by atoms with E-state index in [4.69, 9.17) is 39.3 Å². The summed E-state index contributed by atoms with van der Waals surface area (Å²) in [6.07, 6.45) is 20.6. The van der Waals surface area contributed by atoms with Gasteiger partial charge in [0, 0.05) is 96.9 Å². The number of nitrogens with one attached hydrogen (secondary N) is 3. The van der Waals surface area contributed by atoms with Crippen LogP contribution in [0.3, 0.4) is 0 Å². The highest BCUT2D eigenvalue weighted by molar-refractivity contribution is 6.62. The molecular formula is C92H103B3N12O18. The highest BCUT2D eigenvalue weighted by atomic mass is 16.7. The summed E-state index contributed by atoms with van der Waals surface area (Å²) in [5.41, 5.74) is 6.57. The second kappa shape index (κ2) is 36.6. The number of ether oxygens (including phenoxy) is 1. The fraction of sp³-hybridized carbons (Fsp3) is 0.348. The Hall–Kier alpha value is -12.2. The molecule has 3 amide bonds. The number of amides is 3. The van der Waals surface area contributed by atoms with Gasteiger partial charge >= 0.3 is 27.3 Å². The van der Waals surface area contributed by atoms with Gasteiger partial charge < -0.3 is 88.7 Å². The van der Waals surface area contributed by atoms with Crippen LogP contribution in [0.15, 0.2) is 214 Å². The number of carbonyl (C=O) groups excluding carboxylic acids is 4. The van der Waals surface area contributed by atoms with Crippen molar-refractivity contribution in [1.82, 2.24) is 54.2 Å². The lowest BCUT2D eigenvalue weighted by Gasteiger charge is -2.32. The highest BCUT2D eigenvalue weighted by Gasteiger charge is 2.53. The van der Waals surface area contributed by atoms with E-state index in [0.29, 0.717) is 67.0 Å². The van der Waals surface area contributed by atoms with Crippen molar-refractivity contribution >= 4 is 106 Å². The van der Waals surface area contributed by atoms with Crippen LogP contribution in [0.4, 0.5) is 0 Å². The van der Waals surface area contributed by atoms with E-state index in [0.717, 1.165) is 60.8 Å². The quantitative estimate of drug-likeness (QED) is 0.0326. The summed E-state index contributed by atoms with van der Waals surface area (Å²) >= 11 is 0. The largest absolute Gasteiger partial charge is 0.508 e. The zero-order chi connectivity index (χ0) is 90.0. The number of nitrogens with two attached hydrogens (primary N) is 1. The molecule has 125 heavy (non-hydrogen) atoms. The van der Waals surface area contributed by atoms with Crippen LogP contribution >= 0.6 is 0 Å². The minimum Gasteiger partial charge on any atom is -0.508 e. The van der Waals surface area contributed by atoms with Gasteiger partial charge in [0.1, 0.15) is 50.6 Å². The molecule has 648 valence electrons.